The quantitative estimate of drug-likeness (QED) is 0.156. The molecular formula is C115H315BrN2O2. The number of nitrogens with one attached hydrogen (secondary N) is 1. The lowest BCUT2D eigenvalue weighted by molar-refractivity contribution is 0.661. The van der Waals surface area contributed by atoms with Crippen LogP contribution >= 0.6 is 15.9 Å². The fourth-order valence-electron chi connectivity index (χ4n) is 19.3. The van der Waals surface area contributed by atoms with Gasteiger partial charge in [0.2, 0.25) is 0 Å². The minimum Gasteiger partial charge on any atom is -0.455 e. The molecule has 22 aromatic rings. The number of hydrogen-bond acceptors (Lipinski definition) is 4. The SMILES string of the molecule is Brc1ccc(-c2cccc3c2oc2ccccc23)cc1.CC1(C)c2cc3ccccc3cc2-c2c(Nc3ccc4ccccc4c3-c3ccc4ccccc4c3)cccc21.CC1(C)c2cc3ccccc3cc2-c2cccc(N(c3ccc(-c4cccc5c4oc4ccccc45)cc3)c3ccc4ccccc4c3-c3ccc4ccccc4c3)c21.[3H]C.[3H][3H].[3H][3H].[3H][3H].[3H][3H].[3H][3H].[3H][3H].[3H][3H].[3H][3H].[3H][3H].[3H][3H].[3H][3H].[3H][3H].[3H][3H].[3H][3H].[3H][3H].[3H][3H].[3H][3H].[3H][3H].[3H][3H].[3H][3H].[3H][3H].[3H][3H].[3H][3H].[3H][3H].[3H][3H].[3H][3H].[3H][3H].[3H][3H].[3H][3H].[3H][3H].[3H][3H].[3H][3H].[3H][3H].[3H][3H].[3H][3H].[3H][3H].[3H][3H].[3H][3H].[3H][3H].[3H][3H].[3H][3H].[3H][3H].[3H][3H].[3H][3H].[3H][3H].[3H][3H].[3H][3H].[3H][3H].[3H][3H].[3H][3H].[3H][3H].[3H][3H].[3H][3H].[3H][3H].[3H][3H].[3H][3H].[3H][3H].[3H][3H].[3H][3H].[3H][3H].[3H][3H].[3H][3H].[3H][3H].[3H][3H].[3H][3H].[3H][3H].[3H][3H].[3H][3H].[3H][3H].[3H][3H].[3H][3H].[3H][3H].[3H][3H].[3H][3H].[3H][3H].[3H][3H].[3H][3H].[3H][3H].[3H][3H].[3H][3H].[3H][3H].[3H][3H].[3H][3H].[3H][3H].[3H][3H].[3H][3H].[3H][3H].[3H][3H].[3H][3H].[3H][3H].[3H][3H].[3H][3H].[3H][3H].[3H][3H].[3H][3H].[3H][3H].[3H][3H].[3H][3H].[3H][3H].[3H][3H].[3H][3H].[3H][3H].[3H][3H].[3H][3H].[3H][3H].[3H][3H].[3H][3H].[3H][3H].[3H][3H].[3H][3H].[3H][3H].[3H][3H].[3H][3H].[3H][3H].[3H][3H].[3H][3H]. The molecule has 0 bridgehead atoms. The molecule has 0 amide bonds. The molecule has 120 heavy (non-hydrogen) atoms. The smallest absolute Gasteiger partial charge is 0.143 e. The van der Waals surface area contributed by atoms with Gasteiger partial charge in [-0.05, 0) is 223 Å². The first-order valence-electron chi connectivity index (χ1n) is 158. The second-order valence-corrected chi connectivity index (χ2v) is 33.7. The molecule has 0 aliphatic heterocycles. The van der Waals surface area contributed by atoms with Gasteiger partial charge in [0.25, 0.3) is 0 Å². The van der Waals surface area contributed by atoms with Crippen molar-refractivity contribution in [1.29, 1.82) is 0 Å². The lowest BCUT2D eigenvalue weighted by atomic mass is 9.80. The van der Waals surface area contributed by atoms with E-state index in [1.165, 1.54) is 155 Å². The summed E-state index contributed by atoms with van der Waals surface area (Å²) in [7, 11) is 1.25. The average molecular weight is 2310 g/mol. The summed E-state index contributed by atoms with van der Waals surface area (Å²) in [5, 5.41) is 23.6. The highest BCUT2D eigenvalue weighted by molar-refractivity contribution is 9.10. The predicted octanol–water partition coefficient (Wildman–Crippen LogP) is 62.2. The molecule has 804 valence electrons. The maximum absolute atomic E-state index is 6.51. The average Bonchev–Trinajstić information content (AvgIpc) is 1.55. The van der Waals surface area contributed by atoms with Crippen LogP contribution in [0.3, 0.4) is 0 Å². The Morgan fingerprint density at radius 1 is 0.292 bits per heavy atom. The van der Waals surface area contributed by atoms with E-state index in [0.717, 1.165) is 82.6 Å². The van der Waals surface area contributed by atoms with E-state index in [2.05, 4.69) is 430 Å². The molecule has 0 saturated heterocycles. The summed E-state index contributed by atoms with van der Waals surface area (Å²) in [6.07, 6.45) is 0. The van der Waals surface area contributed by atoms with Crippen LogP contribution in [0.15, 0.2) is 414 Å². The van der Waals surface area contributed by atoms with Gasteiger partial charge < -0.3 is 19.1 Å². The molecule has 24 rings (SSSR count). The van der Waals surface area contributed by atoms with Crippen molar-refractivity contribution in [3.8, 4) is 66.8 Å². The van der Waals surface area contributed by atoms with Gasteiger partial charge in [-0.3, -0.25) is 0 Å². The van der Waals surface area contributed by atoms with Crippen LogP contribution in [0.5, 0.6) is 0 Å². The third kappa shape index (κ3) is 12.3. The highest BCUT2D eigenvalue weighted by Crippen LogP contribution is 2.58. The zero-order chi connectivity index (χ0) is 314. The molecule has 2 aliphatic carbocycles. The molecule has 5 heteroatoms. The van der Waals surface area contributed by atoms with Gasteiger partial charge in [0.1, 0.15) is 22.3 Å². The van der Waals surface area contributed by atoms with Gasteiger partial charge in [0.05, 0.1) is 11.4 Å². The molecule has 20 aromatic carbocycles. The summed E-state index contributed by atoms with van der Waals surface area (Å²) in [6.45, 7) is 9.51. The Kier molecular flexibility index (Phi) is 4.81. The van der Waals surface area contributed by atoms with Crippen LogP contribution in [-0.2, 0) is 10.8 Å². The minimum atomic E-state index is -0.264. The van der Waals surface area contributed by atoms with Crippen LogP contribution < -0.4 is 10.2 Å². The maximum Gasteiger partial charge on any atom is 0.143 e. The minimum absolute atomic E-state index is 0.0725. The van der Waals surface area contributed by atoms with Gasteiger partial charge in [-0.25, -0.2) is 0 Å². The number of furan rings is 2. The van der Waals surface area contributed by atoms with Gasteiger partial charge in [-0.1, -0.05) is 354 Å². The molecule has 0 spiro atoms. The highest BCUT2D eigenvalue weighted by atomic mass is 79.9. The van der Waals surface area contributed by atoms with Gasteiger partial charge in [0.15, 0.2) is 0 Å². The van der Waals surface area contributed by atoms with Crippen molar-refractivity contribution in [2.75, 3.05) is 10.2 Å². The zero-order valence-corrected chi connectivity index (χ0v) is 68.8. The molecule has 2 aromatic heterocycles. The Balaban J connectivity index is -0.0000000216. The number of nitrogens with zero attached hydrogens (tertiary/aromatic N) is 1. The Labute approximate surface area is 1070 Å². The molecule has 1 N–H and O–H groups in total. The van der Waals surface area contributed by atoms with Gasteiger partial charge >= 0.3 is 0 Å². The van der Waals surface area contributed by atoms with E-state index in [1.807, 2.05) is 24.3 Å². The summed E-state index contributed by atoms with van der Waals surface area (Å²) in [5.41, 5.74) is 29.1. The van der Waals surface area contributed by atoms with E-state index in [4.69, 9.17) is 355 Å². The van der Waals surface area contributed by atoms with Gasteiger partial charge in [0, 0.05) is 428 Å². The van der Waals surface area contributed by atoms with E-state index >= 15 is 0 Å². The Hall–Kier alpha value is -14.4. The monoisotopic (exact) mass is 2300 g/mol. The fraction of sp³-hybridized carbons (Fsp3) is 0.0609. The summed E-state index contributed by atoms with van der Waals surface area (Å²) >= 11 is 3.47. The highest BCUT2D eigenvalue weighted by Gasteiger charge is 2.41. The molecule has 0 fully saturated rings. The van der Waals surface area contributed by atoms with Crippen LogP contribution in [0, 0.1) is 0 Å². The number of halogens is 1. The van der Waals surface area contributed by atoms with Gasteiger partial charge in [-0.15, -0.1) is 0 Å². The molecule has 2 aliphatic rings. The number of para-hydroxylation sites is 4. The summed E-state index contributed by atoms with van der Waals surface area (Å²) in [6, 6.07) is 145. The third-order valence-electron chi connectivity index (χ3n) is 25.1. The fourth-order valence-corrected chi connectivity index (χ4v) is 19.6. The van der Waals surface area contributed by atoms with Crippen LogP contribution in [0.1, 0.15) is 403 Å². The Morgan fingerprint density at radius 3 is 1.26 bits per heavy atom. The summed E-state index contributed by atoms with van der Waals surface area (Å²) in [5.74, 6) is 0. The van der Waals surface area contributed by atoms with Crippen LogP contribution in [-0.4, -0.2) is 0 Å². The number of anilines is 5. The molecule has 0 saturated carbocycles. The first-order chi connectivity index (χ1) is 175. The van der Waals surface area contributed by atoms with Crippen LogP contribution in [0.25, 0.3) is 175 Å². The summed E-state index contributed by atoms with van der Waals surface area (Å²) in [4.78, 5) is 2.52. The molecule has 2 heterocycles. The molecule has 0 atom stereocenters. The molecule has 0 radical (unpaired) electrons. The van der Waals surface area contributed by atoms with Crippen molar-refractivity contribution >= 4 is 153 Å². The van der Waals surface area contributed by atoms with E-state index < -0.39 is 0 Å². The Bertz CT molecular complexity index is 8180. The maximum atomic E-state index is 6.51. The first-order valence-corrected chi connectivity index (χ1v) is 41.8. The normalized spacial score (nSPS) is 20.6. The van der Waals surface area contributed by atoms with Gasteiger partial charge in [-0.2, -0.15) is 0 Å². The lowest BCUT2D eigenvalue weighted by Crippen LogP contribution is -2.21. The van der Waals surface area contributed by atoms with Crippen LogP contribution in [0.2, 0.25) is 0 Å². The number of fused-ring (bicyclic) bond motifs is 18. The third-order valence-corrected chi connectivity index (χ3v) is 25.7. The second-order valence-electron chi connectivity index (χ2n) is 32.8. The standard InChI is InChI=1S/C57H39NO.C39H29N.C18H11BrO.CH4.116H2/c1-57(2)50-35-41-17-6-5-16-40(41)34-49(50)47-21-12-23-52(55(47)57)58(43-30-27-38(28-31-43)45-20-11-22-48-46-19-9-10-24-53(46)59-56(45)48)51-32-29-37-14-7-8-18-44(37)54(51)42-26-25-36-13-3-4-15-39(36)33-42;1-39(2)33-16-9-17-35(38(33)32-23-28-13-5-6-14-29(28)24-34(32)39)40-36-21-20-26-11-7-8-15-31(26)37(36)30-19-18-25-10-3-4-12-27(25)22-30;19-13-10-8-12(9-11-13)14-5-3-6-16-15-4-1-2-7-17(15)20-18(14)16;;;;;;;;;;;;;;;;;;;;;;;;;;;;;;;;;;;;;;;;;;;;;;;;;;;;;;;;;;;;;;;;;;;;;;;;;;;;;;;;;;;;;;;;;;;;;;;;;;;;;;;;;;;;;;;;;;;;;/h3-35H,1-2H3;3-24,40H,1-2H3;1-11H;1H4;116*1H/i;;;1T;116*1+2T. The lowest BCUT2D eigenvalue weighted by Gasteiger charge is -2.34. The topological polar surface area (TPSA) is 41.6 Å². The van der Waals surface area contributed by atoms with Crippen molar-refractivity contribution in [3.63, 3.8) is 0 Å². The number of rotatable bonds is 9. The molecular weight excluding hydrogens is 1520 g/mol. The van der Waals surface area contributed by atoms with Crippen molar-refractivity contribution < 1.29 is 355 Å². The van der Waals surface area contributed by atoms with E-state index in [-0.39, 0.29) is 10.8 Å². The number of benzene rings is 20. The van der Waals surface area contributed by atoms with E-state index in [0.29, 0.717) is 0 Å². The second kappa shape index (κ2) is 29.4. The zero-order valence-electron chi connectivity index (χ0n) is 300. The Morgan fingerprint density at radius 2 is 0.692 bits per heavy atom. The van der Waals surface area contributed by atoms with Crippen molar-refractivity contribution in [3.05, 3.63) is 427 Å². The first kappa shape index (κ1) is 19.6. The molecule has 0 unspecified atom stereocenters. The molecule has 4 nitrogen and oxygen atoms in total. The summed E-state index contributed by atoms with van der Waals surface area (Å²) < 4.78 is 1180. The number of hydrogen-bond donors (Lipinski definition) is 1. The van der Waals surface area contributed by atoms with E-state index in [1.54, 1.807) is 0 Å². The van der Waals surface area contributed by atoms with Crippen molar-refractivity contribution in [1.82, 2.24) is 0 Å². The predicted molar refractivity (Wildman–Crippen MR) is 760 cm³/mol. The van der Waals surface area contributed by atoms with Crippen molar-refractivity contribution in [2.24, 2.45) is 0 Å². The largest absolute Gasteiger partial charge is 0.455 e. The van der Waals surface area contributed by atoms with E-state index in [9.17, 15) is 0 Å². The van der Waals surface area contributed by atoms with Crippen LogP contribution in [0.4, 0.5) is 28.4 Å². The van der Waals surface area contributed by atoms with Crippen molar-refractivity contribution in [2.45, 2.75) is 45.9 Å².